The van der Waals surface area contributed by atoms with Crippen molar-refractivity contribution in [2.45, 2.75) is 88.9 Å². The van der Waals surface area contributed by atoms with Crippen molar-refractivity contribution in [3.63, 3.8) is 0 Å². The molecule has 1 aromatic rings. The second kappa shape index (κ2) is 12.4. The quantitative estimate of drug-likeness (QED) is 0.499. The molecule has 0 spiro atoms. The summed E-state index contributed by atoms with van der Waals surface area (Å²) >= 11 is 1.81. The molecule has 0 radical (unpaired) electrons. The van der Waals surface area contributed by atoms with Crippen molar-refractivity contribution in [1.29, 1.82) is 0 Å². The number of thioether (sulfide) groups is 1. The molecule has 0 aromatic carbocycles. The average Bonchev–Trinajstić information content (AvgIpc) is 2.78. The van der Waals surface area contributed by atoms with Crippen LogP contribution in [-0.4, -0.2) is 29.7 Å². The van der Waals surface area contributed by atoms with E-state index in [1.165, 1.54) is 69.9 Å². The predicted octanol–water partition coefficient (Wildman–Crippen LogP) is 6.91. The van der Waals surface area contributed by atoms with Crippen LogP contribution >= 0.6 is 11.8 Å². The molecule has 3 rings (SSSR count). The summed E-state index contributed by atoms with van der Waals surface area (Å²) in [5.74, 6) is 1.29. The summed E-state index contributed by atoms with van der Waals surface area (Å²) in [4.78, 5) is 21.6. The Morgan fingerprint density at radius 2 is 1.70 bits per heavy atom. The van der Waals surface area contributed by atoms with E-state index >= 15 is 0 Å². The fourth-order valence-electron chi connectivity index (χ4n) is 4.76. The Labute approximate surface area is 187 Å². The van der Waals surface area contributed by atoms with Crippen LogP contribution < -0.4 is 10.2 Å². The first kappa shape index (κ1) is 23.2. The highest BCUT2D eigenvalue weighted by Gasteiger charge is 2.25. The highest BCUT2D eigenvalue weighted by atomic mass is 32.2. The minimum absolute atomic E-state index is 0.124. The molecule has 2 fully saturated rings. The van der Waals surface area contributed by atoms with Gasteiger partial charge in [0, 0.05) is 19.0 Å². The Kier molecular flexibility index (Phi) is 9.57. The Morgan fingerprint density at radius 1 is 1.10 bits per heavy atom. The normalized spacial score (nSPS) is 19.3. The van der Waals surface area contributed by atoms with Gasteiger partial charge in [0.2, 0.25) is 5.91 Å². The van der Waals surface area contributed by atoms with Gasteiger partial charge in [-0.15, -0.1) is 11.8 Å². The number of aromatic nitrogens is 1. The zero-order chi connectivity index (χ0) is 21.2. The fraction of sp³-hybridized carbons (Fsp3) is 0.680. The third-order valence-corrected chi connectivity index (χ3v) is 7.40. The molecule has 1 N–H and O–H groups in total. The molecule has 1 aromatic heterocycles. The maximum absolute atomic E-state index is 13.3. The molecule has 4 nitrogen and oxygen atoms in total. The molecule has 0 bridgehead atoms. The van der Waals surface area contributed by atoms with E-state index < -0.39 is 0 Å². The minimum atomic E-state index is 0.124. The standard InChI is InChI=1S/C25H39N3OS/c1-3-21-24(30-4-2)23(28-17-13-10-14-18-28)22(19-26-21)27-25(29)20-15-11-8-6-5-7-9-12-16-20/h3,19-20H,1,4-18H2,2H3,(H,27,29). The highest BCUT2D eigenvalue weighted by Crippen LogP contribution is 2.40. The number of carbonyl (C=O) groups excluding carboxylic acids is 1. The summed E-state index contributed by atoms with van der Waals surface area (Å²) in [7, 11) is 0. The summed E-state index contributed by atoms with van der Waals surface area (Å²) in [5, 5.41) is 3.32. The average molecular weight is 430 g/mol. The van der Waals surface area contributed by atoms with Gasteiger partial charge in [0.05, 0.1) is 28.2 Å². The van der Waals surface area contributed by atoms with Crippen molar-refractivity contribution in [3.8, 4) is 0 Å². The largest absolute Gasteiger partial charge is 0.369 e. The first-order chi connectivity index (χ1) is 14.7. The molecule has 1 aliphatic carbocycles. The van der Waals surface area contributed by atoms with Crippen LogP contribution in [0.5, 0.6) is 0 Å². The van der Waals surface area contributed by atoms with Gasteiger partial charge in [0.1, 0.15) is 0 Å². The van der Waals surface area contributed by atoms with Crippen molar-refractivity contribution in [1.82, 2.24) is 4.98 Å². The number of amides is 1. The molecule has 2 aliphatic rings. The van der Waals surface area contributed by atoms with Crippen molar-refractivity contribution in [2.24, 2.45) is 5.92 Å². The second-order valence-electron chi connectivity index (χ2n) is 8.66. The van der Waals surface area contributed by atoms with E-state index in [4.69, 9.17) is 0 Å². The number of carbonyl (C=O) groups is 1. The van der Waals surface area contributed by atoms with E-state index in [0.717, 1.165) is 48.0 Å². The fourth-order valence-corrected chi connectivity index (χ4v) is 5.71. The molecular formula is C25H39N3OS. The maximum atomic E-state index is 13.3. The van der Waals surface area contributed by atoms with Crippen LogP contribution in [0.15, 0.2) is 17.7 Å². The molecule has 1 saturated carbocycles. The molecule has 5 heteroatoms. The summed E-state index contributed by atoms with van der Waals surface area (Å²) in [6, 6.07) is 0. The number of piperidine rings is 1. The lowest BCUT2D eigenvalue weighted by Crippen LogP contribution is -2.32. The van der Waals surface area contributed by atoms with Crippen LogP contribution in [0.1, 0.15) is 89.7 Å². The van der Waals surface area contributed by atoms with Crippen molar-refractivity contribution in [3.05, 3.63) is 18.5 Å². The van der Waals surface area contributed by atoms with Crippen molar-refractivity contribution in [2.75, 3.05) is 29.1 Å². The van der Waals surface area contributed by atoms with E-state index in [1.807, 2.05) is 24.0 Å². The zero-order valence-electron chi connectivity index (χ0n) is 18.8. The molecule has 2 heterocycles. The SMILES string of the molecule is C=Cc1ncc(NC(=O)C2CCCCCCCCC2)c(N2CCCCC2)c1SCC. The van der Waals surface area contributed by atoms with E-state index in [0.29, 0.717) is 0 Å². The molecule has 0 atom stereocenters. The lowest BCUT2D eigenvalue weighted by molar-refractivity contribution is -0.120. The summed E-state index contributed by atoms with van der Waals surface area (Å²) in [6.45, 7) is 8.24. The van der Waals surface area contributed by atoms with Crippen LogP contribution in [0, 0.1) is 5.92 Å². The van der Waals surface area contributed by atoms with Gasteiger partial charge >= 0.3 is 0 Å². The Morgan fingerprint density at radius 3 is 2.30 bits per heavy atom. The number of hydrogen-bond acceptors (Lipinski definition) is 4. The van der Waals surface area contributed by atoms with Crippen LogP contribution in [0.4, 0.5) is 11.4 Å². The van der Waals surface area contributed by atoms with E-state index in [1.54, 1.807) is 0 Å². The lowest BCUT2D eigenvalue weighted by atomic mass is 9.91. The third kappa shape index (κ3) is 6.26. The lowest BCUT2D eigenvalue weighted by Gasteiger charge is -2.33. The Balaban J connectivity index is 1.84. The van der Waals surface area contributed by atoms with E-state index in [-0.39, 0.29) is 11.8 Å². The van der Waals surface area contributed by atoms with E-state index in [9.17, 15) is 4.79 Å². The number of pyridine rings is 1. The molecule has 1 amide bonds. The van der Waals surface area contributed by atoms with Crippen molar-refractivity contribution >= 4 is 35.1 Å². The number of rotatable bonds is 6. The van der Waals surface area contributed by atoms with Crippen LogP contribution in [0.3, 0.4) is 0 Å². The van der Waals surface area contributed by atoms with Crippen molar-refractivity contribution < 1.29 is 4.79 Å². The molecule has 1 saturated heterocycles. The van der Waals surface area contributed by atoms with Gasteiger partial charge in [-0.1, -0.05) is 58.4 Å². The Hall–Kier alpha value is -1.49. The highest BCUT2D eigenvalue weighted by molar-refractivity contribution is 7.99. The predicted molar refractivity (Wildman–Crippen MR) is 130 cm³/mol. The third-order valence-electron chi connectivity index (χ3n) is 6.42. The summed E-state index contributed by atoms with van der Waals surface area (Å²) < 4.78 is 0. The number of nitrogens with zero attached hydrogens (tertiary/aromatic N) is 2. The number of nitrogens with one attached hydrogen (secondary N) is 1. The molecule has 30 heavy (non-hydrogen) atoms. The van der Waals surface area contributed by atoms with Gasteiger partial charge in [-0.25, -0.2) is 0 Å². The summed E-state index contributed by atoms with van der Waals surface area (Å²) in [6.07, 6.45) is 18.3. The maximum Gasteiger partial charge on any atom is 0.227 e. The van der Waals surface area contributed by atoms with Crippen LogP contribution in [-0.2, 0) is 4.79 Å². The van der Waals surface area contributed by atoms with Crippen LogP contribution in [0.25, 0.3) is 6.08 Å². The van der Waals surface area contributed by atoms with Gasteiger partial charge in [0.15, 0.2) is 0 Å². The topological polar surface area (TPSA) is 45.2 Å². The zero-order valence-corrected chi connectivity index (χ0v) is 19.6. The minimum Gasteiger partial charge on any atom is -0.369 e. The van der Waals surface area contributed by atoms with Gasteiger partial charge in [-0.3, -0.25) is 9.78 Å². The van der Waals surface area contributed by atoms with E-state index in [2.05, 4.69) is 28.7 Å². The Bertz CT molecular complexity index is 690. The first-order valence-corrected chi connectivity index (χ1v) is 13.1. The number of hydrogen-bond donors (Lipinski definition) is 1. The second-order valence-corrected chi connectivity index (χ2v) is 9.93. The summed E-state index contributed by atoms with van der Waals surface area (Å²) in [5.41, 5.74) is 2.99. The monoisotopic (exact) mass is 429 g/mol. The number of anilines is 2. The van der Waals surface area contributed by atoms with Gasteiger partial charge < -0.3 is 10.2 Å². The van der Waals surface area contributed by atoms with Gasteiger partial charge in [-0.05, 0) is 43.9 Å². The first-order valence-electron chi connectivity index (χ1n) is 12.1. The van der Waals surface area contributed by atoms with Gasteiger partial charge in [-0.2, -0.15) is 0 Å². The van der Waals surface area contributed by atoms with Gasteiger partial charge in [0.25, 0.3) is 0 Å². The molecular weight excluding hydrogens is 390 g/mol. The molecule has 0 unspecified atom stereocenters. The van der Waals surface area contributed by atoms with Crippen LogP contribution in [0.2, 0.25) is 0 Å². The molecule has 1 aliphatic heterocycles. The smallest absolute Gasteiger partial charge is 0.227 e. The molecule has 166 valence electrons.